The number of hydrogen-bond acceptors (Lipinski definition) is 2. The highest BCUT2D eigenvalue weighted by molar-refractivity contribution is 7.99. The second-order valence-electron chi connectivity index (χ2n) is 5.96. The third kappa shape index (κ3) is 2.52. The second-order valence-corrected chi connectivity index (χ2v) is 7.49. The van der Waals surface area contributed by atoms with Crippen molar-refractivity contribution in [3.63, 3.8) is 0 Å². The van der Waals surface area contributed by atoms with Crippen LogP contribution < -0.4 is 4.74 Å². The maximum Gasteiger partial charge on any atom is 0.126 e. The molecule has 0 radical (unpaired) electrons. The number of nitrogens with zero attached hydrogens (tertiary/aromatic N) is 1. The Morgan fingerprint density at radius 2 is 2.00 bits per heavy atom. The van der Waals surface area contributed by atoms with Crippen molar-refractivity contribution in [1.29, 1.82) is 0 Å². The molecule has 0 saturated carbocycles. The highest BCUT2D eigenvalue weighted by atomic mass is 35.5. The van der Waals surface area contributed by atoms with Crippen LogP contribution in [0, 0.1) is 6.92 Å². The van der Waals surface area contributed by atoms with E-state index in [0.717, 1.165) is 22.1 Å². The molecule has 2 aromatic carbocycles. The van der Waals surface area contributed by atoms with Gasteiger partial charge in [0.25, 0.3) is 0 Å². The highest BCUT2D eigenvalue weighted by Gasteiger charge is 2.26. The molecule has 1 aliphatic heterocycles. The molecule has 0 bridgehead atoms. The fraction of sp³-hybridized carbons (Fsp3) is 0.200. The molecule has 3 aromatic rings. The van der Waals surface area contributed by atoms with Crippen molar-refractivity contribution >= 4 is 23.4 Å². The van der Waals surface area contributed by atoms with Gasteiger partial charge in [-0.15, -0.1) is 11.8 Å². The summed E-state index contributed by atoms with van der Waals surface area (Å²) in [6.07, 6.45) is 2.12. The zero-order valence-electron chi connectivity index (χ0n) is 13.6. The van der Waals surface area contributed by atoms with Gasteiger partial charge in [-0.25, -0.2) is 0 Å². The third-order valence-corrected chi connectivity index (χ3v) is 6.03. The molecule has 1 aliphatic rings. The maximum absolute atomic E-state index is 6.34. The van der Waals surface area contributed by atoms with Crippen molar-refractivity contribution in [2.75, 3.05) is 7.11 Å². The molecule has 0 N–H and O–H groups in total. The van der Waals surface area contributed by atoms with Crippen molar-refractivity contribution in [2.45, 2.75) is 17.9 Å². The maximum atomic E-state index is 6.34. The second kappa shape index (κ2) is 6.23. The quantitative estimate of drug-likeness (QED) is 0.578. The Hall–Kier alpha value is -1.84. The predicted molar refractivity (Wildman–Crippen MR) is 102 cm³/mol. The number of methoxy groups -OCH3 is 1. The topological polar surface area (TPSA) is 14.2 Å². The van der Waals surface area contributed by atoms with E-state index in [-0.39, 0.29) is 5.25 Å². The average Bonchev–Trinajstić information content (AvgIpc) is 2.98. The summed E-state index contributed by atoms with van der Waals surface area (Å²) in [6, 6.07) is 16.8. The Morgan fingerprint density at radius 1 is 1.12 bits per heavy atom. The zero-order chi connectivity index (χ0) is 16.7. The number of benzene rings is 2. The zero-order valence-corrected chi connectivity index (χ0v) is 15.2. The molecule has 24 heavy (non-hydrogen) atoms. The summed E-state index contributed by atoms with van der Waals surface area (Å²) in [7, 11) is 1.75. The predicted octanol–water partition coefficient (Wildman–Crippen LogP) is 5.78. The SMILES string of the molecule is COc1c(C)cccc1C1SCc2cccn2-c2ccc(Cl)cc21. The minimum Gasteiger partial charge on any atom is -0.496 e. The minimum absolute atomic E-state index is 0.188. The number of halogens is 1. The van der Waals surface area contributed by atoms with Crippen LogP contribution in [-0.2, 0) is 5.75 Å². The summed E-state index contributed by atoms with van der Waals surface area (Å²) >= 11 is 8.25. The molecule has 0 amide bonds. The Bertz CT molecular complexity index is 902. The van der Waals surface area contributed by atoms with Crippen LogP contribution in [0.15, 0.2) is 54.7 Å². The number of rotatable bonds is 2. The summed E-state index contributed by atoms with van der Waals surface area (Å²) in [4.78, 5) is 0. The lowest BCUT2D eigenvalue weighted by Gasteiger charge is -2.21. The van der Waals surface area contributed by atoms with Crippen LogP contribution in [0.4, 0.5) is 0 Å². The van der Waals surface area contributed by atoms with Gasteiger partial charge in [-0.3, -0.25) is 0 Å². The molecule has 4 rings (SSSR count). The Morgan fingerprint density at radius 3 is 2.83 bits per heavy atom. The van der Waals surface area contributed by atoms with Crippen molar-refractivity contribution in [1.82, 2.24) is 4.57 Å². The van der Waals surface area contributed by atoms with E-state index in [1.54, 1.807) is 7.11 Å². The first-order chi connectivity index (χ1) is 11.7. The Labute approximate surface area is 151 Å². The average molecular weight is 356 g/mol. The highest BCUT2D eigenvalue weighted by Crippen LogP contribution is 2.47. The van der Waals surface area contributed by atoms with E-state index >= 15 is 0 Å². The number of para-hydroxylation sites is 1. The Balaban J connectivity index is 1.94. The van der Waals surface area contributed by atoms with E-state index in [1.807, 2.05) is 17.8 Å². The number of aromatic nitrogens is 1. The van der Waals surface area contributed by atoms with E-state index < -0.39 is 0 Å². The third-order valence-electron chi connectivity index (χ3n) is 4.49. The molecule has 1 aromatic heterocycles. The molecule has 0 fully saturated rings. The van der Waals surface area contributed by atoms with Crippen LogP contribution in [0.1, 0.15) is 27.6 Å². The largest absolute Gasteiger partial charge is 0.496 e. The van der Waals surface area contributed by atoms with Crippen molar-refractivity contribution in [3.8, 4) is 11.4 Å². The van der Waals surface area contributed by atoms with Gasteiger partial charge in [0, 0.05) is 33.9 Å². The molecule has 1 atom stereocenters. The molecule has 122 valence electrons. The van der Waals surface area contributed by atoms with E-state index in [4.69, 9.17) is 16.3 Å². The molecular formula is C20H18ClNOS. The number of aryl methyl sites for hydroxylation is 1. The fourth-order valence-electron chi connectivity index (χ4n) is 3.40. The number of ether oxygens (including phenoxy) is 1. The monoisotopic (exact) mass is 355 g/mol. The van der Waals surface area contributed by atoms with E-state index in [2.05, 4.69) is 60.2 Å². The molecule has 0 spiro atoms. The van der Waals surface area contributed by atoms with Gasteiger partial charge >= 0.3 is 0 Å². The van der Waals surface area contributed by atoms with Crippen LogP contribution in [0.3, 0.4) is 0 Å². The molecule has 1 unspecified atom stereocenters. The summed E-state index contributed by atoms with van der Waals surface area (Å²) in [6.45, 7) is 2.09. The molecule has 2 heterocycles. The lowest BCUT2D eigenvalue weighted by molar-refractivity contribution is 0.407. The first kappa shape index (κ1) is 15.7. The van der Waals surface area contributed by atoms with Gasteiger partial charge in [0.1, 0.15) is 5.75 Å². The van der Waals surface area contributed by atoms with Gasteiger partial charge in [-0.2, -0.15) is 0 Å². The lowest BCUT2D eigenvalue weighted by Crippen LogP contribution is -2.04. The van der Waals surface area contributed by atoms with Gasteiger partial charge in [0.15, 0.2) is 0 Å². The summed E-state index contributed by atoms with van der Waals surface area (Å²) in [5.41, 5.74) is 6.09. The van der Waals surface area contributed by atoms with Crippen molar-refractivity contribution < 1.29 is 4.74 Å². The number of fused-ring (bicyclic) bond motifs is 3. The van der Waals surface area contributed by atoms with Crippen LogP contribution in [-0.4, -0.2) is 11.7 Å². The molecule has 4 heteroatoms. The molecule has 0 aliphatic carbocycles. The van der Waals surface area contributed by atoms with Gasteiger partial charge in [0.2, 0.25) is 0 Å². The first-order valence-electron chi connectivity index (χ1n) is 7.90. The lowest BCUT2D eigenvalue weighted by atomic mass is 9.99. The fourth-order valence-corrected chi connectivity index (χ4v) is 4.89. The summed E-state index contributed by atoms with van der Waals surface area (Å²) < 4.78 is 7.99. The van der Waals surface area contributed by atoms with Crippen LogP contribution in [0.2, 0.25) is 5.02 Å². The molecule has 0 saturated heterocycles. The van der Waals surface area contributed by atoms with Gasteiger partial charge in [-0.05, 0) is 48.4 Å². The van der Waals surface area contributed by atoms with Crippen LogP contribution in [0.5, 0.6) is 5.75 Å². The molecule has 2 nitrogen and oxygen atoms in total. The van der Waals surface area contributed by atoms with Gasteiger partial charge < -0.3 is 9.30 Å². The molecular weight excluding hydrogens is 338 g/mol. The normalized spacial score (nSPS) is 16.2. The Kier molecular flexibility index (Phi) is 4.07. The summed E-state index contributed by atoms with van der Waals surface area (Å²) in [5, 5.41) is 0.954. The smallest absolute Gasteiger partial charge is 0.126 e. The van der Waals surface area contributed by atoms with Gasteiger partial charge in [-0.1, -0.05) is 29.8 Å². The van der Waals surface area contributed by atoms with Crippen LogP contribution in [0.25, 0.3) is 5.69 Å². The minimum atomic E-state index is 0.188. The van der Waals surface area contributed by atoms with Gasteiger partial charge in [0.05, 0.1) is 12.4 Å². The first-order valence-corrected chi connectivity index (χ1v) is 9.33. The van der Waals surface area contributed by atoms with E-state index in [1.165, 1.54) is 22.5 Å². The van der Waals surface area contributed by atoms with Crippen LogP contribution >= 0.6 is 23.4 Å². The van der Waals surface area contributed by atoms with E-state index in [9.17, 15) is 0 Å². The van der Waals surface area contributed by atoms with E-state index in [0.29, 0.717) is 0 Å². The summed E-state index contributed by atoms with van der Waals surface area (Å²) in [5.74, 6) is 1.91. The standard InChI is InChI=1S/C20H18ClNOS/c1-13-5-3-7-16(19(13)23-2)20-17-11-14(21)8-9-18(17)22-10-4-6-15(22)12-24-20/h3-11,20H,12H2,1-2H3. The number of hydrogen-bond donors (Lipinski definition) is 0. The number of thioether (sulfide) groups is 1. The van der Waals surface area contributed by atoms with Crippen molar-refractivity contribution in [2.24, 2.45) is 0 Å². The van der Waals surface area contributed by atoms with Crippen molar-refractivity contribution in [3.05, 3.63) is 82.1 Å².